The van der Waals surface area contributed by atoms with E-state index in [1.807, 2.05) is 0 Å². The number of aromatic nitrogens is 1. The second-order valence-electron chi connectivity index (χ2n) is 4.81. The van der Waals surface area contributed by atoms with Crippen LogP contribution >= 0.6 is 27.5 Å². The van der Waals surface area contributed by atoms with Crippen molar-refractivity contribution in [3.05, 3.63) is 62.3 Å². The standard InChI is InChI=1S/C16H11BrClNO3/c1-22-16(21)13-5-8-4-9(17)7-19-14(8)15(20)11-3-2-10(18)6-12(11)13/h2-7,15,20H,1H3. The van der Waals surface area contributed by atoms with E-state index in [-0.39, 0.29) is 0 Å². The van der Waals surface area contributed by atoms with Gasteiger partial charge >= 0.3 is 5.97 Å². The Kier molecular flexibility index (Phi) is 4.04. The van der Waals surface area contributed by atoms with Gasteiger partial charge in [-0.2, -0.15) is 0 Å². The largest absolute Gasteiger partial charge is 0.465 e. The fourth-order valence-electron chi connectivity index (χ4n) is 2.47. The molecule has 1 aromatic carbocycles. The minimum atomic E-state index is -0.950. The van der Waals surface area contributed by atoms with Crippen LogP contribution in [-0.4, -0.2) is 23.2 Å². The summed E-state index contributed by atoms with van der Waals surface area (Å²) < 4.78 is 5.61. The van der Waals surface area contributed by atoms with Crippen LogP contribution in [0.5, 0.6) is 0 Å². The Morgan fingerprint density at radius 2 is 2.18 bits per heavy atom. The second-order valence-corrected chi connectivity index (χ2v) is 6.16. The van der Waals surface area contributed by atoms with Gasteiger partial charge in [0.15, 0.2) is 0 Å². The molecule has 1 heterocycles. The van der Waals surface area contributed by atoms with Crippen LogP contribution in [-0.2, 0) is 9.53 Å². The van der Waals surface area contributed by atoms with Crippen molar-refractivity contribution in [3.8, 4) is 0 Å². The molecule has 22 heavy (non-hydrogen) atoms. The van der Waals surface area contributed by atoms with Crippen LogP contribution in [0.1, 0.15) is 28.5 Å². The average molecular weight is 381 g/mol. The number of nitrogens with zero attached hydrogens (tertiary/aromatic N) is 1. The molecule has 0 bridgehead atoms. The van der Waals surface area contributed by atoms with Crippen molar-refractivity contribution in [2.24, 2.45) is 0 Å². The summed E-state index contributed by atoms with van der Waals surface area (Å²) in [7, 11) is 1.31. The lowest BCUT2D eigenvalue weighted by molar-refractivity contribution is -0.133. The van der Waals surface area contributed by atoms with Gasteiger partial charge in [0, 0.05) is 21.3 Å². The molecule has 112 valence electrons. The van der Waals surface area contributed by atoms with Gasteiger partial charge in [-0.15, -0.1) is 0 Å². The number of benzene rings is 1. The first-order chi connectivity index (χ1) is 10.5. The molecule has 0 saturated carbocycles. The monoisotopic (exact) mass is 379 g/mol. The highest BCUT2D eigenvalue weighted by atomic mass is 79.9. The van der Waals surface area contributed by atoms with Gasteiger partial charge in [-0.05, 0) is 51.3 Å². The number of aliphatic hydroxyl groups is 1. The van der Waals surface area contributed by atoms with Crippen LogP contribution < -0.4 is 0 Å². The SMILES string of the molecule is COC(=O)C1=Cc2cc(Br)cnc2C(O)c2ccc(Cl)cc21. The van der Waals surface area contributed by atoms with Gasteiger partial charge in [0.05, 0.1) is 18.4 Å². The Labute approximate surface area is 140 Å². The molecule has 1 atom stereocenters. The first-order valence-corrected chi connectivity index (χ1v) is 7.61. The summed E-state index contributed by atoms with van der Waals surface area (Å²) in [5.74, 6) is -0.497. The van der Waals surface area contributed by atoms with Crippen molar-refractivity contribution in [3.63, 3.8) is 0 Å². The number of methoxy groups -OCH3 is 1. The quantitative estimate of drug-likeness (QED) is 0.768. The Morgan fingerprint density at radius 3 is 2.91 bits per heavy atom. The minimum absolute atomic E-state index is 0.331. The number of ether oxygens (including phenoxy) is 1. The average Bonchev–Trinajstić information content (AvgIpc) is 2.61. The maximum atomic E-state index is 12.1. The molecule has 1 aromatic heterocycles. The fraction of sp³-hybridized carbons (Fsp3) is 0.125. The first kappa shape index (κ1) is 15.2. The van der Waals surface area contributed by atoms with Crippen molar-refractivity contribution >= 4 is 45.1 Å². The molecule has 0 radical (unpaired) electrons. The van der Waals surface area contributed by atoms with Crippen LogP contribution in [0.25, 0.3) is 11.6 Å². The van der Waals surface area contributed by atoms with Crippen LogP contribution in [0.2, 0.25) is 5.02 Å². The summed E-state index contributed by atoms with van der Waals surface area (Å²) in [5, 5.41) is 11.1. The highest BCUT2D eigenvalue weighted by Crippen LogP contribution is 2.37. The smallest absolute Gasteiger partial charge is 0.338 e. The number of carbonyl (C=O) groups is 1. The molecule has 0 aliphatic heterocycles. The normalized spacial score (nSPS) is 16.2. The molecule has 1 aliphatic rings. The zero-order valence-electron chi connectivity index (χ0n) is 11.5. The maximum Gasteiger partial charge on any atom is 0.338 e. The highest BCUT2D eigenvalue weighted by molar-refractivity contribution is 9.10. The molecule has 0 amide bonds. The minimum Gasteiger partial charge on any atom is -0.465 e. The van der Waals surface area contributed by atoms with E-state index in [9.17, 15) is 9.90 Å². The summed E-state index contributed by atoms with van der Waals surface area (Å²) in [4.78, 5) is 16.4. The molecular formula is C16H11BrClNO3. The number of esters is 1. The van der Waals surface area contributed by atoms with E-state index >= 15 is 0 Å². The van der Waals surface area contributed by atoms with Gasteiger partial charge in [0.2, 0.25) is 0 Å². The Balaban J connectivity index is 2.34. The number of rotatable bonds is 1. The summed E-state index contributed by atoms with van der Waals surface area (Å²) in [5.41, 5.74) is 2.56. The van der Waals surface area contributed by atoms with Crippen molar-refractivity contribution in [1.82, 2.24) is 4.98 Å². The van der Waals surface area contributed by atoms with Gasteiger partial charge in [-0.25, -0.2) is 4.79 Å². The van der Waals surface area contributed by atoms with E-state index < -0.39 is 12.1 Å². The van der Waals surface area contributed by atoms with Crippen molar-refractivity contribution < 1.29 is 14.6 Å². The zero-order valence-corrected chi connectivity index (χ0v) is 13.9. The highest BCUT2D eigenvalue weighted by Gasteiger charge is 2.27. The van der Waals surface area contributed by atoms with E-state index in [1.54, 1.807) is 36.5 Å². The Hall–Kier alpha value is -1.69. The second kappa shape index (κ2) is 5.83. The summed E-state index contributed by atoms with van der Waals surface area (Å²) in [6.45, 7) is 0. The van der Waals surface area contributed by atoms with Crippen LogP contribution in [0.15, 0.2) is 34.9 Å². The fourth-order valence-corrected chi connectivity index (χ4v) is 2.99. The first-order valence-electron chi connectivity index (χ1n) is 6.44. The van der Waals surface area contributed by atoms with E-state index in [2.05, 4.69) is 20.9 Å². The Bertz CT molecular complexity index is 804. The number of pyridine rings is 1. The lowest BCUT2D eigenvalue weighted by atomic mass is 9.97. The molecule has 3 rings (SSSR count). The number of halogens is 2. The maximum absolute atomic E-state index is 12.1. The number of aliphatic hydroxyl groups excluding tert-OH is 1. The zero-order chi connectivity index (χ0) is 15.9. The van der Waals surface area contributed by atoms with Gasteiger partial charge in [0.1, 0.15) is 6.10 Å². The number of fused-ring (bicyclic) bond motifs is 2. The van der Waals surface area contributed by atoms with Crippen molar-refractivity contribution in [1.29, 1.82) is 0 Å². The molecular weight excluding hydrogens is 370 g/mol. The molecule has 2 aromatic rings. The van der Waals surface area contributed by atoms with Gasteiger partial charge in [-0.1, -0.05) is 17.7 Å². The van der Waals surface area contributed by atoms with E-state index in [0.29, 0.717) is 33.0 Å². The third-order valence-electron chi connectivity index (χ3n) is 3.48. The Morgan fingerprint density at radius 1 is 1.41 bits per heavy atom. The van der Waals surface area contributed by atoms with Gasteiger partial charge in [0.25, 0.3) is 0 Å². The van der Waals surface area contributed by atoms with Gasteiger partial charge in [-0.3, -0.25) is 4.98 Å². The van der Waals surface area contributed by atoms with Crippen LogP contribution in [0, 0.1) is 0 Å². The topological polar surface area (TPSA) is 59.4 Å². The summed E-state index contributed by atoms with van der Waals surface area (Å²) in [6.07, 6.45) is 2.31. The van der Waals surface area contributed by atoms with Gasteiger partial charge < -0.3 is 9.84 Å². The van der Waals surface area contributed by atoms with E-state index in [4.69, 9.17) is 16.3 Å². The lowest BCUT2D eigenvalue weighted by Gasteiger charge is -2.14. The predicted molar refractivity (Wildman–Crippen MR) is 87.3 cm³/mol. The lowest BCUT2D eigenvalue weighted by Crippen LogP contribution is -2.08. The van der Waals surface area contributed by atoms with E-state index in [0.717, 1.165) is 4.47 Å². The van der Waals surface area contributed by atoms with Crippen molar-refractivity contribution in [2.45, 2.75) is 6.10 Å². The van der Waals surface area contributed by atoms with Crippen LogP contribution in [0.4, 0.5) is 0 Å². The molecule has 1 unspecified atom stereocenters. The summed E-state index contributed by atoms with van der Waals surface area (Å²) >= 11 is 9.39. The molecule has 0 fully saturated rings. The van der Waals surface area contributed by atoms with E-state index in [1.165, 1.54) is 7.11 Å². The van der Waals surface area contributed by atoms with Crippen molar-refractivity contribution in [2.75, 3.05) is 7.11 Å². The molecule has 6 heteroatoms. The third kappa shape index (κ3) is 2.56. The number of carbonyl (C=O) groups excluding carboxylic acids is 1. The molecule has 1 aliphatic carbocycles. The number of hydrogen-bond acceptors (Lipinski definition) is 4. The summed E-state index contributed by atoms with van der Waals surface area (Å²) in [6, 6.07) is 6.80. The predicted octanol–water partition coefficient (Wildman–Crippen LogP) is 3.61. The van der Waals surface area contributed by atoms with Crippen LogP contribution in [0.3, 0.4) is 0 Å². The third-order valence-corrected chi connectivity index (χ3v) is 4.15. The molecule has 0 spiro atoms. The number of hydrogen-bond donors (Lipinski definition) is 1. The molecule has 4 nitrogen and oxygen atoms in total. The molecule has 1 N–H and O–H groups in total. The molecule has 0 saturated heterocycles.